The highest BCUT2D eigenvalue weighted by Crippen LogP contribution is 2.43. The number of carbonyl (C=O) groups excluding carboxylic acids is 1. The van der Waals surface area contributed by atoms with Crippen molar-refractivity contribution in [2.45, 2.75) is 309 Å². The first-order valence-corrected chi connectivity index (χ1v) is 31.9. The van der Waals surface area contributed by atoms with Gasteiger partial charge < -0.3 is 19.8 Å². The van der Waals surface area contributed by atoms with E-state index in [1.165, 1.54) is 238 Å². The number of aliphatic hydroxyl groups excluding tert-OH is 1. The van der Waals surface area contributed by atoms with Crippen LogP contribution in [-0.2, 0) is 18.4 Å². The molecule has 0 aliphatic carbocycles. The smallest absolute Gasteiger partial charge is 0.387 e. The van der Waals surface area contributed by atoms with Crippen LogP contribution in [0.25, 0.3) is 0 Å². The van der Waals surface area contributed by atoms with E-state index in [-0.39, 0.29) is 19.1 Å². The van der Waals surface area contributed by atoms with Crippen LogP contribution >= 0.6 is 7.82 Å². The van der Waals surface area contributed by atoms with Crippen molar-refractivity contribution >= 4 is 13.7 Å². The van der Waals surface area contributed by atoms with Gasteiger partial charge in [-0.15, -0.1) is 0 Å². The zero-order valence-electron chi connectivity index (χ0n) is 47.3. The quantitative estimate of drug-likeness (QED) is 0.0243. The molecular weight excluding hydrogens is 888 g/mol. The predicted molar refractivity (Wildman–Crippen MR) is 304 cm³/mol. The summed E-state index contributed by atoms with van der Waals surface area (Å²) in [4.78, 5) is 23.3. The molecule has 1 amide bonds. The van der Waals surface area contributed by atoms with Crippen molar-refractivity contribution in [2.24, 2.45) is 0 Å². The molecule has 0 aliphatic rings. The lowest BCUT2D eigenvalue weighted by atomic mass is 10.0. The summed E-state index contributed by atoms with van der Waals surface area (Å²) >= 11 is 0. The molecule has 70 heavy (non-hydrogen) atoms. The van der Waals surface area contributed by atoms with E-state index >= 15 is 0 Å². The summed E-state index contributed by atoms with van der Waals surface area (Å²) < 4.78 is 23.7. The lowest BCUT2D eigenvalue weighted by molar-refractivity contribution is -0.870. The van der Waals surface area contributed by atoms with Crippen molar-refractivity contribution in [3.05, 3.63) is 36.5 Å². The fourth-order valence-corrected chi connectivity index (χ4v) is 9.79. The summed E-state index contributed by atoms with van der Waals surface area (Å²) in [5, 5.41) is 13.9. The van der Waals surface area contributed by atoms with Crippen molar-refractivity contribution in [1.29, 1.82) is 0 Å². The fourth-order valence-electron chi connectivity index (χ4n) is 9.06. The first kappa shape index (κ1) is 68.7. The molecule has 3 N–H and O–H groups in total. The third-order valence-corrected chi connectivity index (χ3v) is 14.8. The van der Waals surface area contributed by atoms with Gasteiger partial charge in [-0.25, -0.2) is 4.57 Å². The average molecular weight is 1010 g/mol. The Kier molecular flexibility index (Phi) is 51.6. The minimum Gasteiger partial charge on any atom is -0.387 e. The number of phosphoric ester groups is 1. The Bertz CT molecular complexity index is 1230. The van der Waals surface area contributed by atoms with E-state index in [1.807, 2.05) is 27.2 Å². The van der Waals surface area contributed by atoms with Crippen LogP contribution in [0.3, 0.4) is 0 Å². The van der Waals surface area contributed by atoms with Crippen LogP contribution in [0.15, 0.2) is 36.5 Å². The number of hydrogen-bond acceptors (Lipinski definition) is 5. The highest BCUT2D eigenvalue weighted by atomic mass is 31.2. The average Bonchev–Trinajstić information content (AvgIpc) is 3.32. The number of unbranched alkanes of at least 4 members (excludes halogenated alkanes) is 39. The van der Waals surface area contributed by atoms with Gasteiger partial charge in [0.1, 0.15) is 13.2 Å². The summed E-state index contributed by atoms with van der Waals surface area (Å²) in [5.74, 6) is -0.187. The van der Waals surface area contributed by atoms with Gasteiger partial charge in [-0.3, -0.25) is 13.8 Å². The number of hydrogen-bond donors (Lipinski definition) is 3. The standard InChI is InChI=1S/C61H119N2O6P/c1-6-8-10-12-14-16-18-20-22-24-26-28-30-31-33-34-36-38-40-42-44-46-48-50-52-54-60(64)59(58-69-70(66,67)68-57-56-63(3,4)5)62-61(65)55-53-51-49-47-45-43-41-39-37-35-32-29-27-25-23-21-19-17-15-13-11-9-7-2/h35,37,44,46,52,54,59-60,64H,6-34,36,38-43,45,47-51,53,55-58H2,1-5H3,(H-,62,65,66,67)/p+1/b37-35-,46-44+,54-52+. The second kappa shape index (κ2) is 52.6. The molecule has 8 nitrogen and oxygen atoms in total. The van der Waals surface area contributed by atoms with E-state index in [2.05, 4.69) is 43.5 Å². The molecule has 0 bridgehead atoms. The van der Waals surface area contributed by atoms with E-state index in [1.54, 1.807) is 6.08 Å². The molecule has 0 spiro atoms. The summed E-state index contributed by atoms with van der Waals surface area (Å²) in [6.45, 7) is 4.83. The van der Waals surface area contributed by atoms with Gasteiger partial charge >= 0.3 is 7.82 Å². The Labute approximate surface area is 436 Å². The highest BCUT2D eigenvalue weighted by Gasteiger charge is 2.27. The molecular formula is C61H120N2O6P+. The van der Waals surface area contributed by atoms with E-state index in [0.717, 1.165) is 38.5 Å². The van der Waals surface area contributed by atoms with E-state index in [9.17, 15) is 19.4 Å². The van der Waals surface area contributed by atoms with Gasteiger partial charge in [-0.1, -0.05) is 269 Å². The van der Waals surface area contributed by atoms with Crippen LogP contribution in [0.1, 0.15) is 296 Å². The number of nitrogens with one attached hydrogen (secondary N) is 1. The Hall–Kier alpha value is -1.28. The summed E-state index contributed by atoms with van der Waals surface area (Å²) in [6.07, 6.45) is 68.3. The lowest BCUT2D eigenvalue weighted by Crippen LogP contribution is -2.45. The normalized spacial score (nSPS) is 14.1. The van der Waals surface area contributed by atoms with Gasteiger partial charge in [0, 0.05) is 6.42 Å². The first-order valence-electron chi connectivity index (χ1n) is 30.4. The van der Waals surface area contributed by atoms with Crippen molar-refractivity contribution in [3.63, 3.8) is 0 Å². The van der Waals surface area contributed by atoms with Crippen LogP contribution in [0.4, 0.5) is 0 Å². The van der Waals surface area contributed by atoms with Gasteiger partial charge in [0.05, 0.1) is 39.9 Å². The molecule has 0 aliphatic heterocycles. The van der Waals surface area contributed by atoms with E-state index in [0.29, 0.717) is 17.4 Å². The molecule has 0 heterocycles. The molecule has 414 valence electrons. The maximum absolute atomic E-state index is 13.0. The van der Waals surface area contributed by atoms with Crippen LogP contribution in [0, 0.1) is 0 Å². The SMILES string of the molecule is CCCCCCCCCCCCCC/C=C\CCCCCCCCCC(=O)NC(COP(=O)(O)OCC[N+](C)(C)C)C(O)/C=C/CC/C=C/CCCCCCCCCCCCCCCCCCCCC. The molecule has 0 rings (SSSR count). The van der Waals surface area contributed by atoms with E-state index in [4.69, 9.17) is 9.05 Å². The minimum atomic E-state index is -4.36. The molecule has 0 aromatic heterocycles. The third kappa shape index (κ3) is 54.5. The Morgan fingerprint density at radius 2 is 0.786 bits per heavy atom. The topological polar surface area (TPSA) is 105 Å². The molecule has 0 saturated heterocycles. The van der Waals surface area contributed by atoms with Crippen molar-refractivity contribution < 1.29 is 32.9 Å². The molecule has 0 aromatic carbocycles. The summed E-state index contributed by atoms with van der Waals surface area (Å²) in [5.41, 5.74) is 0. The van der Waals surface area contributed by atoms with E-state index < -0.39 is 20.0 Å². The van der Waals surface area contributed by atoms with Gasteiger partial charge in [0.25, 0.3) is 0 Å². The van der Waals surface area contributed by atoms with Crippen LogP contribution in [-0.4, -0.2) is 73.4 Å². The van der Waals surface area contributed by atoms with Crippen molar-refractivity contribution in [2.75, 3.05) is 40.9 Å². The van der Waals surface area contributed by atoms with Gasteiger partial charge in [-0.05, 0) is 57.8 Å². The highest BCUT2D eigenvalue weighted by molar-refractivity contribution is 7.47. The molecule has 0 radical (unpaired) electrons. The molecule has 3 atom stereocenters. The number of rotatable bonds is 56. The van der Waals surface area contributed by atoms with Gasteiger partial charge in [0.2, 0.25) is 5.91 Å². The second-order valence-corrected chi connectivity index (χ2v) is 23.5. The van der Waals surface area contributed by atoms with Crippen molar-refractivity contribution in [3.8, 4) is 0 Å². The number of quaternary nitrogens is 1. The summed E-state index contributed by atoms with van der Waals surface area (Å²) in [6, 6.07) is -0.866. The largest absolute Gasteiger partial charge is 0.472 e. The van der Waals surface area contributed by atoms with Crippen LogP contribution in [0.2, 0.25) is 0 Å². The number of likely N-dealkylation sites (N-methyl/N-ethyl adjacent to an activating group) is 1. The molecule has 9 heteroatoms. The number of allylic oxidation sites excluding steroid dienone is 5. The Balaban J connectivity index is 4.22. The number of carbonyl (C=O) groups is 1. The second-order valence-electron chi connectivity index (χ2n) is 22.1. The number of aliphatic hydroxyl groups is 1. The molecule has 0 aromatic rings. The lowest BCUT2D eigenvalue weighted by Gasteiger charge is -2.25. The van der Waals surface area contributed by atoms with Crippen molar-refractivity contribution in [1.82, 2.24) is 5.32 Å². The Morgan fingerprint density at radius 3 is 1.14 bits per heavy atom. The zero-order valence-corrected chi connectivity index (χ0v) is 48.2. The minimum absolute atomic E-state index is 0.0560. The van der Waals surface area contributed by atoms with Gasteiger partial charge in [-0.2, -0.15) is 0 Å². The third-order valence-electron chi connectivity index (χ3n) is 13.8. The van der Waals surface area contributed by atoms with Crippen LogP contribution < -0.4 is 5.32 Å². The predicted octanol–water partition coefficient (Wildman–Crippen LogP) is 18.5. The number of amides is 1. The van der Waals surface area contributed by atoms with Crippen LogP contribution in [0.5, 0.6) is 0 Å². The first-order chi connectivity index (χ1) is 34.0. The van der Waals surface area contributed by atoms with Gasteiger partial charge in [0.15, 0.2) is 0 Å². The monoisotopic (exact) mass is 1010 g/mol. The zero-order chi connectivity index (χ0) is 51.3. The number of nitrogens with zero attached hydrogens (tertiary/aromatic N) is 1. The molecule has 0 fully saturated rings. The molecule has 0 saturated carbocycles. The molecule has 3 unspecified atom stereocenters. The summed E-state index contributed by atoms with van der Waals surface area (Å²) in [7, 11) is 1.56. The fraction of sp³-hybridized carbons (Fsp3) is 0.885. The number of phosphoric acid groups is 1. The maximum atomic E-state index is 13.0. The Morgan fingerprint density at radius 1 is 0.471 bits per heavy atom. The maximum Gasteiger partial charge on any atom is 0.472 e.